The van der Waals surface area contributed by atoms with E-state index >= 15 is 0 Å². The van der Waals surface area contributed by atoms with Gasteiger partial charge in [0.15, 0.2) is 0 Å². The standard InChI is InChI=1S/C13H16N2O3/c1-18-11-4-2-10(3-5-11)15-13(17)9-6-7-14-12(16)8-9/h2-5,9H,6-8H2,1H3,(H,14,16)(H,15,17). The predicted molar refractivity (Wildman–Crippen MR) is 67.4 cm³/mol. The Kier molecular flexibility index (Phi) is 3.82. The lowest BCUT2D eigenvalue weighted by atomic mass is 9.96. The topological polar surface area (TPSA) is 67.4 Å². The fraction of sp³-hybridized carbons (Fsp3) is 0.385. The van der Waals surface area contributed by atoms with E-state index in [1.807, 2.05) is 0 Å². The van der Waals surface area contributed by atoms with E-state index in [1.165, 1.54) is 0 Å². The summed E-state index contributed by atoms with van der Waals surface area (Å²) in [5.41, 5.74) is 0.715. The van der Waals surface area contributed by atoms with Crippen LogP contribution < -0.4 is 15.4 Å². The fourth-order valence-corrected chi connectivity index (χ4v) is 1.93. The summed E-state index contributed by atoms with van der Waals surface area (Å²) in [6.07, 6.45) is 0.954. The zero-order valence-electron chi connectivity index (χ0n) is 10.2. The van der Waals surface area contributed by atoms with Crippen LogP contribution in [0.1, 0.15) is 12.8 Å². The van der Waals surface area contributed by atoms with Gasteiger partial charge < -0.3 is 15.4 Å². The molecule has 0 spiro atoms. The average Bonchev–Trinajstić information content (AvgIpc) is 2.39. The number of ether oxygens (including phenoxy) is 1. The number of rotatable bonds is 3. The van der Waals surface area contributed by atoms with Crippen molar-refractivity contribution in [2.24, 2.45) is 5.92 Å². The first-order chi connectivity index (χ1) is 8.69. The Labute approximate surface area is 106 Å². The highest BCUT2D eigenvalue weighted by molar-refractivity contribution is 5.95. The predicted octanol–water partition coefficient (Wildman–Crippen LogP) is 1.16. The van der Waals surface area contributed by atoms with Crippen LogP contribution in [0.5, 0.6) is 5.75 Å². The molecule has 0 aromatic heterocycles. The van der Waals surface area contributed by atoms with Crippen molar-refractivity contribution in [2.45, 2.75) is 12.8 Å². The first kappa shape index (κ1) is 12.4. The number of benzene rings is 1. The Morgan fingerprint density at radius 3 is 2.72 bits per heavy atom. The number of hydrogen-bond acceptors (Lipinski definition) is 3. The van der Waals surface area contributed by atoms with Crippen LogP contribution in [0.4, 0.5) is 5.69 Å². The summed E-state index contributed by atoms with van der Waals surface area (Å²) in [5, 5.41) is 5.52. The molecule has 1 fully saturated rings. The van der Waals surface area contributed by atoms with E-state index in [-0.39, 0.29) is 24.2 Å². The number of anilines is 1. The van der Waals surface area contributed by atoms with E-state index in [4.69, 9.17) is 4.74 Å². The average molecular weight is 248 g/mol. The van der Waals surface area contributed by atoms with Crippen molar-refractivity contribution in [3.05, 3.63) is 24.3 Å². The van der Waals surface area contributed by atoms with Gasteiger partial charge in [-0.15, -0.1) is 0 Å². The molecular formula is C13H16N2O3. The largest absolute Gasteiger partial charge is 0.497 e. The fourth-order valence-electron chi connectivity index (χ4n) is 1.93. The molecule has 2 N–H and O–H groups in total. The minimum atomic E-state index is -0.235. The summed E-state index contributed by atoms with van der Waals surface area (Å²) in [7, 11) is 1.59. The monoisotopic (exact) mass is 248 g/mol. The molecule has 0 aliphatic carbocycles. The highest BCUT2D eigenvalue weighted by atomic mass is 16.5. The van der Waals surface area contributed by atoms with Crippen molar-refractivity contribution in [3.8, 4) is 5.75 Å². The summed E-state index contributed by atoms with van der Waals surface area (Å²) in [6, 6.07) is 7.12. The Bertz CT molecular complexity index is 442. The van der Waals surface area contributed by atoms with Crippen molar-refractivity contribution in [1.82, 2.24) is 5.32 Å². The van der Waals surface area contributed by atoms with Crippen molar-refractivity contribution in [1.29, 1.82) is 0 Å². The van der Waals surface area contributed by atoms with E-state index in [0.29, 0.717) is 18.7 Å². The van der Waals surface area contributed by atoms with Gasteiger partial charge in [-0.1, -0.05) is 0 Å². The van der Waals surface area contributed by atoms with E-state index < -0.39 is 0 Å². The van der Waals surface area contributed by atoms with Crippen molar-refractivity contribution < 1.29 is 14.3 Å². The van der Waals surface area contributed by atoms with Crippen LogP contribution in [0.25, 0.3) is 0 Å². The van der Waals surface area contributed by atoms with Crippen LogP contribution >= 0.6 is 0 Å². The van der Waals surface area contributed by atoms with Crippen LogP contribution in [0.2, 0.25) is 0 Å². The van der Waals surface area contributed by atoms with Crippen LogP contribution in [-0.4, -0.2) is 25.5 Å². The Balaban J connectivity index is 1.95. The van der Waals surface area contributed by atoms with Crippen LogP contribution in [-0.2, 0) is 9.59 Å². The SMILES string of the molecule is COc1ccc(NC(=O)C2CCNC(=O)C2)cc1. The second-order valence-corrected chi connectivity index (χ2v) is 4.26. The van der Waals surface area contributed by atoms with Gasteiger partial charge in [-0.25, -0.2) is 0 Å². The molecule has 1 atom stereocenters. The highest BCUT2D eigenvalue weighted by Crippen LogP contribution is 2.18. The summed E-state index contributed by atoms with van der Waals surface area (Å²) in [6.45, 7) is 0.569. The molecule has 2 rings (SSSR count). The molecule has 1 unspecified atom stereocenters. The molecule has 0 saturated carbocycles. The van der Waals surface area contributed by atoms with Crippen LogP contribution in [0.15, 0.2) is 24.3 Å². The Morgan fingerprint density at radius 2 is 2.11 bits per heavy atom. The number of hydrogen-bond donors (Lipinski definition) is 2. The summed E-state index contributed by atoms with van der Waals surface area (Å²) >= 11 is 0. The maximum atomic E-state index is 11.9. The van der Waals surface area contributed by atoms with Gasteiger partial charge in [0.1, 0.15) is 5.75 Å². The van der Waals surface area contributed by atoms with Gasteiger partial charge in [-0.3, -0.25) is 9.59 Å². The summed E-state index contributed by atoms with van der Waals surface area (Å²) in [4.78, 5) is 23.2. The quantitative estimate of drug-likeness (QED) is 0.843. The van der Waals surface area contributed by atoms with Crippen LogP contribution in [0.3, 0.4) is 0 Å². The molecule has 0 bridgehead atoms. The number of nitrogens with one attached hydrogen (secondary N) is 2. The molecule has 1 aliphatic heterocycles. The third-order valence-corrected chi connectivity index (χ3v) is 2.98. The molecule has 96 valence electrons. The number of piperidine rings is 1. The molecule has 1 heterocycles. The van der Waals surface area contributed by atoms with Gasteiger partial charge in [0.05, 0.1) is 7.11 Å². The highest BCUT2D eigenvalue weighted by Gasteiger charge is 2.25. The molecule has 5 heteroatoms. The second kappa shape index (κ2) is 5.53. The van der Waals surface area contributed by atoms with E-state index in [2.05, 4.69) is 10.6 Å². The van der Waals surface area contributed by atoms with Gasteiger partial charge >= 0.3 is 0 Å². The summed E-state index contributed by atoms with van der Waals surface area (Å²) in [5.74, 6) is 0.344. The van der Waals surface area contributed by atoms with Crippen molar-refractivity contribution >= 4 is 17.5 Å². The molecule has 1 saturated heterocycles. The first-order valence-electron chi connectivity index (χ1n) is 5.90. The molecule has 1 aliphatic rings. The maximum absolute atomic E-state index is 11.9. The molecule has 2 amide bonds. The zero-order valence-corrected chi connectivity index (χ0v) is 10.2. The lowest BCUT2D eigenvalue weighted by Gasteiger charge is -2.21. The van der Waals surface area contributed by atoms with Gasteiger partial charge in [0.2, 0.25) is 11.8 Å². The number of amides is 2. The van der Waals surface area contributed by atoms with E-state index in [0.717, 1.165) is 5.75 Å². The lowest BCUT2D eigenvalue weighted by molar-refractivity contribution is -0.129. The van der Waals surface area contributed by atoms with Gasteiger partial charge in [-0.05, 0) is 30.7 Å². The van der Waals surface area contributed by atoms with Gasteiger partial charge in [0.25, 0.3) is 0 Å². The van der Waals surface area contributed by atoms with Gasteiger partial charge in [-0.2, -0.15) is 0 Å². The van der Waals surface area contributed by atoms with Crippen molar-refractivity contribution in [3.63, 3.8) is 0 Å². The molecule has 1 aromatic carbocycles. The Morgan fingerprint density at radius 1 is 1.39 bits per heavy atom. The normalized spacial score (nSPS) is 18.9. The molecule has 1 aromatic rings. The molecule has 5 nitrogen and oxygen atoms in total. The number of methoxy groups -OCH3 is 1. The van der Waals surface area contributed by atoms with E-state index in [9.17, 15) is 9.59 Å². The minimum Gasteiger partial charge on any atom is -0.497 e. The zero-order chi connectivity index (χ0) is 13.0. The first-order valence-corrected chi connectivity index (χ1v) is 5.90. The second-order valence-electron chi connectivity index (χ2n) is 4.26. The number of carbonyl (C=O) groups excluding carboxylic acids is 2. The smallest absolute Gasteiger partial charge is 0.228 e. The van der Waals surface area contributed by atoms with Crippen LogP contribution in [0, 0.1) is 5.92 Å². The minimum absolute atomic E-state index is 0.0591. The van der Waals surface area contributed by atoms with Gasteiger partial charge in [0, 0.05) is 24.6 Å². The third kappa shape index (κ3) is 3.00. The molecular weight excluding hydrogens is 232 g/mol. The molecule has 18 heavy (non-hydrogen) atoms. The lowest BCUT2D eigenvalue weighted by Crippen LogP contribution is -2.38. The van der Waals surface area contributed by atoms with E-state index in [1.54, 1.807) is 31.4 Å². The maximum Gasteiger partial charge on any atom is 0.228 e. The molecule has 0 radical (unpaired) electrons. The summed E-state index contributed by atoms with van der Waals surface area (Å²) < 4.78 is 5.04. The Hall–Kier alpha value is -2.04. The number of carbonyl (C=O) groups is 2. The third-order valence-electron chi connectivity index (χ3n) is 2.98. The van der Waals surface area contributed by atoms with Crippen molar-refractivity contribution in [2.75, 3.05) is 19.0 Å².